The molecule has 0 aliphatic heterocycles. The fourth-order valence-corrected chi connectivity index (χ4v) is 2.42. The monoisotopic (exact) mass is 375 g/mol. The Bertz CT molecular complexity index is 825. The molecule has 9 heteroatoms. The highest BCUT2D eigenvalue weighted by atomic mass is 16.6. The summed E-state index contributed by atoms with van der Waals surface area (Å²) in [6, 6.07) is 9.06. The first-order valence-electron chi connectivity index (χ1n) is 8.06. The van der Waals surface area contributed by atoms with E-state index in [1.54, 1.807) is 20.3 Å². The molecule has 0 unspecified atom stereocenters. The van der Waals surface area contributed by atoms with Gasteiger partial charge in [0, 0.05) is 12.6 Å². The van der Waals surface area contributed by atoms with Crippen LogP contribution < -0.4 is 24.8 Å². The number of carbonyl (C=O) groups is 1. The van der Waals surface area contributed by atoms with Crippen molar-refractivity contribution in [1.82, 2.24) is 5.32 Å². The molecule has 27 heavy (non-hydrogen) atoms. The second kappa shape index (κ2) is 9.27. The normalized spacial score (nSPS) is 10.0. The molecule has 0 aliphatic rings. The van der Waals surface area contributed by atoms with Crippen LogP contribution in [-0.2, 0) is 6.42 Å². The number of amides is 2. The highest BCUT2D eigenvalue weighted by Crippen LogP contribution is 2.29. The quantitative estimate of drug-likeness (QED) is 0.542. The van der Waals surface area contributed by atoms with Crippen molar-refractivity contribution in [3.05, 3.63) is 52.1 Å². The van der Waals surface area contributed by atoms with E-state index in [2.05, 4.69) is 10.6 Å². The average Bonchev–Trinajstić information content (AvgIpc) is 2.67. The van der Waals surface area contributed by atoms with Gasteiger partial charge in [0.25, 0.3) is 5.69 Å². The van der Waals surface area contributed by atoms with Crippen LogP contribution in [0.4, 0.5) is 16.2 Å². The van der Waals surface area contributed by atoms with Gasteiger partial charge in [-0.1, -0.05) is 6.07 Å². The van der Waals surface area contributed by atoms with Crippen molar-refractivity contribution in [2.45, 2.75) is 6.42 Å². The Balaban J connectivity index is 1.92. The van der Waals surface area contributed by atoms with Gasteiger partial charge in [-0.3, -0.25) is 10.1 Å². The molecule has 0 saturated heterocycles. The van der Waals surface area contributed by atoms with Gasteiger partial charge < -0.3 is 24.8 Å². The average molecular weight is 375 g/mol. The van der Waals surface area contributed by atoms with E-state index >= 15 is 0 Å². The van der Waals surface area contributed by atoms with Gasteiger partial charge in [-0.25, -0.2) is 4.79 Å². The van der Waals surface area contributed by atoms with Crippen LogP contribution in [0.2, 0.25) is 0 Å². The number of nitrogens with zero attached hydrogens (tertiary/aromatic N) is 1. The smallest absolute Gasteiger partial charge is 0.319 e. The van der Waals surface area contributed by atoms with Crippen molar-refractivity contribution >= 4 is 17.4 Å². The topological polar surface area (TPSA) is 112 Å². The van der Waals surface area contributed by atoms with E-state index in [0.29, 0.717) is 30.2 Å². The number of carbonyl (C=O) groups excluding carboxylic acids is 1. The number of methoxy groups -OCH3 is 3. The molecule has 9 nitrogen and oxygen atoms in total. The molecule has 2 rings (SSSR count). The third-order valence-electron chi connectivity index (χ3n) is 3.79. The Morgan fingerprint density at radius 3 is 2.33 bits per heavy atom. The zero-order chi connectivity index (χ0) is 19.8. The summed E-state index contributed by atoms with van der Waals surface area (Å²) in [6.07, 6.45) is 0.588. The predicted molar refractivity (Wildman–Crippen MR) is 99.9 cm³/mol. The number of non-ortho nitro benzene ring substituents is 1. The number of nitro benzene ring substituents is 1. The van der Waals surface area contributed by atoms with Crippen molar-refractivity contribution < 1.29 is 23.9 Å². The summed E-state index contributed by atoms with van der Waals surface area (Å²) >= 11 is 0. The van der Waals surface area contributed by atoms with E-state index < -0.39 is 11.0 Å². The van der Waals surface area contributed by atoms with E-state index in [1.807, 2.05) is 12.1 Å². The minimum atomic E-state index is -0.532. The van der Waals surface area contributed by atoms with E-state index in [1.165, 1.54) is 25.3 Å². The molecule has 2 N–H and O–H groups in total. The van der Waals surface area contributed by atoms with Crippen molar-refractivity contribution in [2.24, 2.45) is 0 Å². The molecule has 2 amide bonds. The van der Waals surface area contributed by atoms with Crippen LogP contribution in [0.15, 0.2) is 36.4 Å². The number of rotatable bonds is 8. The third-order valence-corrected chi connectivity index (χ3v) is 3.79. The number of ether oxygens (including phenoxy) is 3. The molecule has 0 spiro atoms. The van der Waals surface area contributed by atoms with Gasteiger partial charge in [-0.2, -0.15) is 0 Å². The largest absolute Gasteiger partial charge is 0.494 e. The summed E-state index contributed by atoms with van der Waals surface area (Å²) in [7, 11) is 4.50. The summed E-state index contributed by atoms with van der Waals surface area (Å²) in [4.78, 5) is 22.3. The third kappa shape index (κ3) is 5.24. The SMILES string of the molecule is COc1cc([N+](=O)[O-])ccc1NC(=O)NCCc1ccc(OC)c(OC)c1. The van der Waals surface area contributed by atoms with E-state index in [-0.39, 0.29) is 11.4 Å². The number of hydrogen-bond donors (Lipinski definition) is 2. The summed E-state index contributed by atoms with van der Waals surface area (Å²) in [5.74, 6) is 1.46. The standard InChI is InChI=1S/C18H21N3O6/c1-25-15-7-4-12(10-17(15)27-3)8-9-19-18(22)20-14-6-5-13(21(23)24)11-16(14)26-2/h4-7,10-11H,8-9H2,1-3H3,(H2,19,20,22). The second-order valence-corrected chi connectivity index (χ2v) is 5.46. The zero-order valence-electron chi connectivity index (χ0n) is 15.3. The molecule has 0 fully saturated rings. The molecule has 0 heterocycles. The molecule has 0 aromatic heterocycles. The van der Waals surface area contributed by atoms with Gasteiger partial charge >= 0.3 is 6.03 Å². The summed E-state index contributed by atoms with van der Waals surface area (Å²) in [5, 5.41) is 16.1. The molecule has 2 aromatic carbocycles. The molecule has 0 atom stereocenters. The number of nitro groups is 1. The molecule has 0 radical (unpaired) electrons. The Labute approximate surface area is 156 Å². The Morgan fingerprint density at radius 2 is 1.70 bits per heavy atom. The predicted octanol–water partition coefficient (Wildman–Crippen LogP) is 2.98. The summed E-state index contributed by atoms with van der Waals surface area (Å²) < 4.78 is 15.5. The number of anilines is 1. The number of nitrogens with one attached hydrogen (secondary N) is 2. The maximum absolute atomic E-state index is 12.1. The van der Waals surface area contributed by atoms with Crippen LogP contribution in [-0.4, -0.2) is 38.8 Å². The number of urea groups is 1. The minimum absolute atomic E-state index is 0.119. The van der Waals surface area contributed by atoms with E-state index in [9.17, 15) is 14.9 Å². The highest BCUT2D eigenvalue weighted by molar-refractivity contribution is 5.91. The lowest BCUT2D eigenvalue weighted by molar-refractivity contribution is -0.384. The lowest BCUT2D eigenvalue weighted by Crippen LogP contribution is -2.30. The molecule has 2 aromatic rings. The van der Waals surface area contributed by atoms with E-state index in [4.69, 9.17) is 14.2 Å². The van der Waals surface area contributed by atoms with Gasteiger partial charge in [0.1, 0.15) is 5.75 Å². The van der Waals surface area contributed by atoms with Crippen LogP contribution in [0, 0.1) is 10.1 Å². The van der Waals surface area contributed by atoms with Crippen molar-refractivity contribution in [2.75, 3.05) is 33.2 Å². The number of benzene rings is 2. The van der Waals surface area contributed by atoms with Gasteiger partial charge in [0.15, 0.2) is 11.5 Å². The molecule has 144 valence electrons. The van der Waals surface area contributed by atoms with Gasteiger partial charge in [-0.05, 0) is 30.2 Å². The second-order valence-electron chi connectivity index (χ2n) is 5.46. The maximum Gasteiger partial charge on any atom is 0.319 e. The first-order valence-corrected chi connectivity index (χ1v) is 8.06. The summed E-state index contributed by atoms with van der Waals surface area (Å²) in [6.45, 7) is 0.386. The fraction of sp³-hybridized carbons (Fsp3) is 0.278. The fourth-order valence-electron chi connectivity index (χ4n) is 2.42. The molecule has 0 saturated carbocycles. The van der Waals surface area contributed by atoms with Crippen LogP contribution in [0.5, 0.6) is 17.2 Å². The van der Waals surface area contributed by atoms with Crippen LogP contribution >= 0.6 is 0 Å². The van der Waals surface area contributed by atoms with E-state index in [0.717, 1.165) is 5.56 Å². The van der Waals surface area contributed by atoms with Crippen molar-refractivity contribution in [3.8, 4) is 17.2 Å². The maximum atomic E-state index is 12.1. The van der Waals surface area contributed by atoms with Crippen molar-refractivity contribution in [3.63, 3.8) is 0 Å². The summed E-state index contributed by atoms with van der Waals surface area (Å²) in [5.41, 5.74) is 1.19. The van der Waals surface area contributed by atoms with Crippen LogP contribution in [0.3, 0.4) is 0 Å². The van der Waals surface area contributed by atoms with Crippen molar-refractivity contribution in [1.29, 1.82) is 0 Å². The molecule has 0 aliphatic carbocycles. The zero-order valence-corrected chi connectivity index (χ0v) is 15.3. The first-order chi connectivity index (χ1) is 13.0. The van der Waals surface area contributed by atoms with Crippen LogP contribution in [0.25, 0.3) is 0 Å². The highest BCUT2D eigenvalue weighted by Gasteiger charge is 2.13. The van der Waals surface area contributed by atoms with Crippen LogP contribution in [0.1, 0.15) is 5.56 Å². The van der Waals surface area contributed by atoms with Gasteiger partial charge in [-0.15, -0.1) is 0 Å². The minimum Gasteiger partial charge on any atom is -0.494 e. The lowest BCUT2D eigenvalue weighted by atomic mass is 10.1. The first kappa shape index (κ1) is 19.8. The Hall–Kier alpha value is -3.49. The Kier molecular flexibility index (Phi) is 6.81. The number of hydrogen-bond acceptors (Lipinski definition) is 6. The van der Waals surface area contributed by atoms with Gasteiger partial charge in [0.2, 0.25) is 0 Å². The Morgan fingerprint density at radius 1 is 1.00 bits per heavy atom. The van der Waals surface area contributed by atoms with Gasteiger partial charge in [0.05, 0.1) is 38.0 Å². The molecular formula is C18H21N3O6. The molecule has 0 bridgehead atoms. The lowest BCUT2D eigenvalue weighted by Gasteiger charge is -2.12. The molecular weight excluding hydrogens is 354 g/mol.